The highest BCUT2D eigenvalue weighted by Gasteiger charge is 2.40. The van der Waals surface area contributed by atoms with Crippen LogP contribution < -0.4 is 10.2 Å². The molecule has 1 N–H and O–H groups in total. The summed E-state index contributed by atoms with van der Waals surface area (Å²) in [5.74, 6) is 1.07. The number of anilines is 1. The van der Waals surface area contributed by atoms with Crippen LogP contribution in [0.15, 0.2) is 12.3 Å². The second-order valence-corrected chi connectivity index (χ2v) is 5.70. The molecule has 4 heteroatoms. The summed E-state index contributed by atoms with van der Waals surface area (Å²) < 4.78 is 0. The Labute approximate surface area is 109 Å². The zero-order valence-electron chi connectivity index (χ0n) is 11.2. The van der Waals surface area contributed by atoms with Crippen molar-refractivity contribution in [2.75, 3.05) is 24.5 Å². The van der Waals surface area contributed by atoms with Crippen LogP contribution in [-0.4, -0.2) is 35.4 Å². The Bertz CT molecular complexity index is 404. The molecule has 1 saturated heterocycles. The fourth-order valence-corrected chi connectivity index (χ4v) is 3.44. The third-order valence-corrected chi connectivity index (χ3v) is 4.38. The van der Waals surface area contributed by atoms with E-state index in [1.165, 1.54) is 37.7 Å². The van der Waals surface area contributed by atoms with Crippen molar-refractivity contribution in [2.45, 2.75) is 44.6 Å². The van der Waals surface area contributed by atoms with Crippen LogP contribution in [0.3, 0.4) is 0 Å². The fourth-order valence-electron chi connectivity index (χ4n) is 3.44. The molecule has 3 rings (SSSR count). The van der Waals surface area contributed by atoms with Crippen LogP contribution in [0.4, 0.5) is 5.82 Å². The Morgan fingerprint density at radius 3 is 2.89 bits per heavy atom. The van der Waals surface area contributed by atoms with Crippen LogP contribution in [0.1, 0.15) is 37.7 Å². The molecule has 18 heavy (non-hydrogen) atoms. The van der Waals surface area contributed by atoms with E-state index in [1.807, 2.05) is 6.20 Å². The van der Waals surface area contributed by atoms with Gasteiger partial charge in [0.25, 0.3) is 0 Å². The first-order valence-corrected chi connectivity index (χ1v) is 7.08. The van der Waals surface area contributed by atoms with Crippen LogP contribution in [0.5, 0.6) is 0 Å². The van der Waals surface area contributed by atoms with Gasteiger partial charge in [0.2, 0.25) is 0 Å². The fraction of sp³-hybridized carbons (Fsp3) is 0.714. The first kappa shape index (κ1) is 11.9. The van der Waals surface area contributed by atoms with E-state index in [9.17, 15) is 0 Å². The minimum Gasteiger partial charge on any atom is -0.347 e. The molecule has 1 aromatic heterocycles. The molecule has 1 saturated carbocycles. The first-order chi connectivity index (χ1) is 8.80. The molecule has 1 spiro atoms. The normalized spacial score (nSPS) is 23.3. The van der Waals surface area contributed by atoms with Crippen molar-refractivity contribution in [3.05, 3.63) is 17.8 Å². The van der Waals surface area contributed by atoms with Gasteiger partial charge in [-0.2, -0.15) is 5.10 Å². The smallest absolute Gasteiger partial charge is 0.152 e. The van der Waals surface area contributed by atoms with Gasteiger partial charge in [0.05, 0.1) is 11.7 Å². The van der Waals surface area contributed by atoms with Crippen LogP contribution in [0.2, 0.25) is 0 Å². The largest absolute Gasteiger partial charge is 0.347 e. The Hall–Kier alpha value is -1.16. The van der Waals surface area contributed by atoms with Gasteiger partial charge in [-0.05, 0) is 31.4 Å². The molecule has 0 atom stereocenters. The van der Waals surface area contributed by atoms with E-state index in [1.54, 1.807) is 0 Å². The average molecular weight is 246 g/mol. The molecule has 1 aliphatic heterocycles. The van der Waals surface area contributed by atoms with Gasteiger partial charge in [0.15, 0.2) is 5.82 Å². The van der Waals surface area contributed by atoms with Crippen molar-refractivity contribution in [2.24, 2.45) is 0 Å². The van der Waals surface area contributed by atoms with Crippen LogP contribution in [0, 0.1) is 6.92 Å². The quantitative estimate of drug-likeness (QED) is 0.821. The number of rotatable bonds is 1. The molecular formula is C14H22N4. The lowest BCUT2D eigenvalue weighted by molar-refractivity contribution is 0.239. The van der Waals surface area contributed by atoms with Crippen molar-refractivity contribution in [3.8, 4) is 0 Å². The topological polar surface area (TPSA) is 41.1 Å². The summed E-state index contributed by atoms with van der Waals surface area (Å²) in [4.78, 5) is 2.52. The standard InChI is InChI=1S/C14H22N4/c1-12-9-13(17-16-10-12)18-8-7-15-11-14(18)5-3-2-4-6-14/h9-10,15H,2-8,11H2,1H3. The van der Waals surface area contributed by atoms with Crippen molar-refractivity contribution < 1.29 is 0 Å². The third kappa shape index (κ3) is 2.09. The Morgan fingerprint density at radius 1 is 1.28 bits per heavy atom. The molecule has 2 fully saturated rings. The zero-order valence-corrected chi connectivity index (χ0v) is 11.2. The summed E-state index contributed by atoms with van der Waals surface area (Å²) in [6.45, 7) is 5.30. The van der Waals surface area contributed by atoms with Crippen molar-refractivity contribution in [1.29, 1.82) is 0 Å². The maximum absolute atomic E-state index is 4.36. The summed E-state index contributed by atoms with van der Waals surface area (Å²) >= 11 is 0. The van der Waals surface area contributed by atoms with Gasteiger partial charge in [-0.15, -0.1) is 5.10 Å². The van der Waals surface area contributed by atoms with Gasteiger partial charge in [-0.1, -0.05) is 19.3 Å². The molecule has 0 unspecified atom stereocenters. The number of piperazine rings is 1. The third-order valence-electron chi connectivity index (χ3n) is 4.38. The maximum Gasteiger partial charge on any atom is 0.152 e. The van der Waals surface area contributed by atoms with E-state index in [-0.39, 0.29) is 0 Å². The minimum absolute atomic E-state index is 0.291. The number of aromatic nitrogens is 2. The molecule has 1 aromatic rings. The molecular weight excluding hydrogens is 224 g/mol. The Balaban J connectivity index is 1.91. The zero-order chi connectivity index (χ0) is 12.4. The second kappa shape index (κ2) is 4.84. The Kier molecular flexibility index (Phi) is 3.20. The molecule has 4 nitrogen and oxygen atoms in total. The second-order valence-electron chi connectivity index (χ2n) is 5.70. The summed E-state index contributed by atoms with van der Waals surface area (Å²) in [7, 11) is 0. The molecule has 1 aliphatic carbocycles. The molecule has 98 valence electrons. The molecule has 0 radical (unpaired) electrons. The van der Waals surface area contributed by atoms with E-state index in [0.717, 1.165) is 25.5 Å². The highest BCUT2D eigenvalue weighted by Crippen LogP contribution is 2.36. The maximum atomic E-state index is 4.36. The van der Waals surface area contributed by atoms with Crippen LogP contribution in [-0.2, 0) is 0 Å². The average Bonchev–Trinajstić information content (AvgIpc) is 2.40. The highest BCUT2D eigenvalue weighted by atomic mass is 15.3. The van der Waals surface area contributed by atoms with Crippen molar-refractivity contribution in [3.63, 3.8) is 0 Å². The first-order valence-electron chi connectivity index (χ1n) is 7.08. The number of hydrogen-bond donors (Lipinski definition) is 1. The summed E-state index contributed by atoms with van der Waals surface area (Å²) in [6, 6.07) is 2.18. The lowest BCUT2D eigenvalue weighted by atomic mass is 9.79. The lowest BCUT2D eigenvalue weighted by Gasteiger charge is -2.50. The molecule has 2 heterocycles. The highest BCUT2D eigenvalue weighted by molar-refractivity contribution is 5.44. The molecule has 0 aromatic carbocycles. The summed E-state index contributed by atoms with van der Waals surface area (Å²) in [6.07, 6.45) is 8.48. The SMILES string of the molecule is Cc1cnnc(N2CCNCC23CCCCC3)c1. The van der Waals surface area contributed by atoms with Gasteiger partial charge in [0.1, 0.15) is 0 Å². The molecule has 0 bridgehead atoms. The Morgan fingerprint density at radius 2 is 2.11 bits per heavy atom. The van der Waals surface area contributed by atoms with E-state index >= 15 is 0 Å². The van der Waals surface area contributed by atoms with Gasteiger partial charge >= 0.3 is 0 Å². The van der Waals surface area contributed by atoms with Gasteiger partial charge in [0, 0.05) is 19.6 Å². The number of hydrogen-bond acceptors (Lipinski definition) is 4. The van der Waals surface area contributed by atoms with Crippen molar-refractivity contribution >= 4 is 5.82 Å². The molecule has 0 amide bonds. The number of nitrogens with zero attached hydrogens (tertiary/aromatic N) is 3. The van der Waals surface area contributed by atoms with Crippen LogP contribution in [0.25, 0.3) is 0 Å². The lowest BCUT2D eigenvalue weighted by Crippen LogP contribution is -2.62. The van der Waals surface area contributed by atoms with Crippen molar-refractivity contribution in [1.82, 2.24) is 15.5 Å². The predicted octanol–water partition coefficient (Wildman–Crippen LogP) is 1.90. The van der Waals surface area contributed by atoms with E-state index in [4.69, 9.17) is 0 Å². The van der Waals surface area contributed by atoms with Gasteiger partial charge in [-0.25, -0.2) is 0 Å². The monoisotopic (exact) mass is 246 g/mol. The number of nitrogens with one attached hydrogen (secondary N) is 1. The van der Waals surface area contributed by atoms with Gasteiger partial charge in [-0.3, -0.25) is 0 Å². The van der Waals surface area contributed by atoms with E-state index in [2.05, 4.69) is 33.4 Å². The molecule has 2 aliphatic rings. The summed E-state index contributed by atoms with van der Waals surface area (Å²) in [5.41, 5.74) is 1.49. The minimum atomic E-state index is 0.291. The number of aryl methyl sites for hydroxylation is 1. The van der Waals surface area contributed by atoms with E-state index in [0.29, 0.717) is 5.54 Å². The predicted molar refractivity (Wildman–Crippen MR) is 72.8 cm³/mol. The van der Waals surface area contributed by atoms with Crippen LogP contribution >= 0.6 is 0 Å². The summed E-state index contributed by atoms with van der Waals surface area (Å²) in [5, 5.41) is 12.1. The van der Waals surface area contributed by atoms with Gasteiger partial charge < -0.3 is 10.2 Å². The van der Waals surface area contributed by atoms with E-state index < -0.39 is 0 Å².